The third-order valence-corrected chi connectivity index (χ3v) is 14.7. The minimum atomic E-state index is -3.38. The highest BCUT2D eigenvalue weighted by Gasteiger charge is 2.57. The number of carbonyl (C=O) groups is 4. The summed E-state index contributed by atoms with van der Waals surface area (Å²) in [5.74, 6) is -2.58. The van der Waals surface area contributed by atoms with Gasteiger partial charge in [0.1, 0.15) is 36.0 Å². The predicted octanol–water partition coefficient (Wildman–Crippen LogP) is 6.48. The van der Waals surface area contributed by atoms with Crippen molar-refractivity contribution >= 4 is 74.5 Å². The zero-order chi connectivity index (χ0) is 41.4. The van der Waals surface area contributed by atoms with E-state index < -0.39 is 52.2 Å². The highest BCUT2D eigenvalue weighted by molar-refractivity contribution is 8.14. The quantitative estimate of drug-likeness (QED) is 0.0391. The van der Waals surface area contributed by atoms with Crippen LogP contribution in [0.5, 0.6) is 0 Å². The van der Waals surface area contributed by atoms with Crippen LogP contribution in [0, 0.1) is 26.1 Å². The fraction of sp³-hybridized carbons (Fsp3) is 0.167. The number of hydrogen-bond acceptors (Lipinski definition) is 12. The second-order valence-corrected chi connectivity index (χ2v) is 17.6. The molecule has 1 fully saturated rings. The van der Waals surface area contributed by atoms with E-state index in [-0.39, 0.29) is 35.1 Å². The molecule has 0 N–H and O–H groups in total. The van der Waals surface area contributed by atoms with Crippen molar-refractivity contribution in [2.75, 3.05) is 0 Å². The molecule has 1 aliphatic rings. The number of likely N-dealkylation sites (tertiary alicyclic amines) is 1. The Morgan fingerprint density at radius 3 is 1.50 bits per heavy atom. The van der Waals surface area contributed by atoms with Gasteiger partial charge in [0.2, 0.25) is 5.91 Å². The first kappa shape index (κ1) is 41.1. The second-order valence-electron chi connectivity index (χ2n) is 13.0. The molecule has 1 heterocycles. The molecule has 0 saturated carbocycles. The number of nitro groups is 2. The van der Waals surface area contributed by atoms with Gasteiger partial charge >= 0.3 is 12.1 Å². The Morgan fingerprint density at radius 1 is 0.690 bits per heavy atom. The third-order valence-electron chi connectivity index (χ3n) is 9.34. The predicted molar refractivity (Wildman–Crippen MR) is 219 cm³/mol. The Balaban J connectivity index is 1.45. The molecule has 0 radical (unpaired) electrons. The van der Waals surface area contributed by atoms with Crippen molar-refractivity contribution in [3.8, 4) is 0 Å². The molecule has 0 bridgehead atoms. The van der Waals surface area contributed by atoms with Crippen molar-refractivity contribution in [2.45, 2.75) is 38.5 Å². The van der Waals surface area contributed by atoms with Crippen molar-refractivity contribution in [3.05, 3.63) is 171 Å². The highest BCUT2D eigenvalue weighted by atomic mass is 32.2. The third kappa shape index (κ3) is 8.70. The highest BCUT2D eigenvalue weighted by Crippen LogP contribution is 2.51. The van der Waals surface area contributed by atoms with Gasteiger partial charge in [-0.25, -0.2) is 9.59 Å². The van der Waals surface area contributed by atoms with Crippen LogP contribution in [0.25, 0.3) is 0 Å². The molecule has 0 aromatic heterocycles. The average Bonchev–Trinajstić information content (AvgIpc) is 3.23. The Labute approximate surface area is 337 Å². The van der Waals surface area contributed by atoms with Crippen LogP contribution in [0.1, 0.15) is 25.0 Å². The first-order chi connectivity index (χ1) is 27.9. The number of benzene rings is 5. The van der Waals surface area contributed by atoms with Crippen LogP contribution in [0.2, 0.25) is 0 Å². The van der Waals surface area contributed by atoms with Gasteiger partial charge in [-0.2, -0.15) is 0 Å². The summed E-state index contributed by atoms with van der Waals surface area (Å²) >= 11 is 0.801. The Hall–Kier alpha value is -6.57. The van der Waals surface area contributed by atoms with E-state index in [1.54, 1.807) is 0 Å². The van der Waals surface area contributed by atoms with Crippen LogP contribution in [0.3, 0.4) is 0 Å². The lowest BCUT2D eigenvalue weighted by atomic mass is 9.92. The maximum absolute atomic E-state index is 15.0. The van der Waals surface area contributed by atoms with E-state index in [4.69, 9.17) is 14.2 Å². The summed E-state index contributed by atoms with van der Waals surface area (Å²) in [7, 11) is 0. The smallest absolute Gasteiger partial charge is 0.456 e. The minimum absolute atomic E-state index is 0.0223. The fourth-order valence-corrected chi connectivity index (χ4v) is 12.2. The van der Waals surface area contributed by atoms with Gasteiger partial charge in [0, 0.05) is 38.1 Å². The molecule has 14 nitrogen and oxygen atoms in total. The number of ether oxygens (including phenoxy) is 3. The number of carbonyl (C=O) groups excluding carboxylic acids is 4. The SMILES string of the molecule is CC(=O)SC1C(C(C)OC(=O)OCc2ccc([N+](=O)[O-])cc2)C(=O)N1C(C(=O)OCc1ccc([N+](=O)[O-])cc1)=P(c1ccccc1)(c1ccccc1)c1ccccc1. The molecule has 5 aromatic rings. The van der Waals surface area contributed by atoms with E-state index >= 15 is 4.79 Å². The number of hydrogen-bond donors (Lipinski definition) is 0. The van der Waals surface area contributed by atoms with Crippen LogP contribution in [0.15, 0.2) is 140 Å². The lowest BCUT2D eigenvalue weighted by Gasteiger charge is -2.50. The molecule has 1 saturated heterocycles. The monoisotopic (exact) mass is 821 g/mol. The minimum Gasteiger partial charge on any atom is -0.456 e. The van der Waals surface area contributed by atoms with Crippen LogP contribution < -0.4 is 15.9 Å². The molecule has 0 aliphatic carbocycles. The summed E-state index contributed by atoms with van der Waals surface area (Å²) < 4.78 is 16.9. The molecule has 0 spiro atoms. The lowest BCUT2D eigenvalue weighted by molar-refractivity contribution is -0.385. The molecule has 1 aliphatic heterocycles. The Kier molecular flexibility index (Phi) is 12.8. The van der Waals surface area contributed by atoms with Crippen molar-refractivity contribution in [2.24, 2.45) is 5.92 Å². The normalized spacial score (nSPS) is 15.3. The van der Waals surface area contributed by atoms with E-state index in [1.165, 1.54) is 67.3 Å². The van der Waals surface area contributed by atoms with Crippen molar-refractivity contribution in [1.29, 1.82) is 0 Å². The fourth-order valence-electron chi connectivity index (χ4n) is 6.65. The lowest BCUT2D eigenvalue weighted by Crippen LogP contribution is -2.67. The topological polar surface area (TPSA) is 185 Å². The summed E-state index contributed by atoms with van der Waals surface area (Å²) in [6.45, 7) is -1.13. The van der Waals surface area contributed by atoms with Gasteiger partial charge in [-0.05, 0) is 58.2 Å². The van der Waals surface area contributed by atoms with Gasteiger partial charge in [-0.15, -0.1) is 0 Å². The molecule has 6 rings (SSSR count). The zero-order valence-electron chi connectivity index (χ0n) is 31.1. The summed E-state index contributed by atoms with van der Waals surface area (Å²) in [5, 5.41) is 23.0. The van der Waals surface area contributed by atoms with Crippen molar-refractivity contribution in [3.63, 3.8) is 0 Å². The zero-order valence-corrected chi connectivity index (χ0v) is 32.8. The van der Waals surface area contributed by atoms with E-state index in [1.807, 2.05) is 91.0 Å². The largest absolute Gasteiger partial charge is 0.508 e. The van der Waals surface area contributed by atoms with Crippen LogP contribution in [-0.2, 0) is 41.8 Å². The summed E-state index contributed by atoms with van der Waals surface area (Å²) in [6, 6.07) is 38.7. The maximum atomic E-state index is 15.0. The molecular weight excluding hydrogens is 786 g/mol. The van der Waals surface area contributed by atoms with Gasteiger partial charge in [0.25, 0.3) is 11.4 Å². The average molecular weight is 822 g/mol. The molecule has 16 heteroatoms. The molecule has 3 unspecified atom stereocenters. The summed E-state index contributed by atoms with van der Waals surface area (Å²) in [6.07, 6.45) is -2.25. The number of rotatable bonds is 14. The van der Waals surface area contributed by atoms with E-state index in [0.717, 1.165) is 11.8 Å². The van der Waals surface area contributed by atoms with Crippen LogP contribution >= 0.6 is 18.6 Å². The first-order valence-corrected chi connectivity index (χ1v) is 20.5. The number of esters is 1. The van der Waals surface area contributed by atoms with Crippen molar-refractivity contribution in [1.82, 2.24) is 4.90 Å². The van der Waals surface area contributed by atoms with Crippen LogP contribution in [0.4, 0.5) is 16.2 Å². The molecule has 296 valence electrons. The van der Waals surface area contributed by atoms with E-state index in [2.05, 4.69) is 0 Å². The summed E-state index contributed by atoms with van der Waals surface area (Å²) in [5.41, 5.74) is 0.619. The second kappa shape index (κ2) is 18.1. The number of amides is 1. The standard InChI is InChI=1S/C42H36N3O11PS/c1-28(56-42(49)55-27-31-20-24-33(25-21-31)45(52)53)37-38(47)43(40(37)58-29(2)46)39(41(48)54-26-30-18-22-32(23-19-30)44(50)51)57(34-12-6-3-7-13-34,35-14-8-4-9-15-35)36-16-10-5-11-17-36/h3-25,28,37,40H,26-27H2,1-2H3. The summed E-state index contributed by atoms with van der Waals surface area (Å²) in [4.78, 5) is 78.2. The molecule has 5 aromatic carbocycles. The van der Waals surface area contributed by atoms with E-state index in [9.17, 15) is 34.6 Å². The Morgan fingerprint density at radius 2 is 1.10 bits per heavy atom. The van der Waals surface area contributed by atoms with Gasteiger partial charge in [0.15, 0.2) is 5.12 Å². The van der Waals surface area contributed by atoms with Crippen LogP contribution in [-0.4, -0.2) is 54.8 Å². The van der Waals surface area contributed by atoms with Crippen molar-refractivity contribution < 1.29 is 43.2 Å². The number of nitrogens with zero attached hydrogens (tertiary/aromatic N) is 3. The van der Waals surface area contributed by atoms with E-state index in [0.29, 0.717) is 27.0 Å². The number of nitro benzene ring substituents is 2. The maximum Gasteiger partial charge on any atom is 0.508 e. The number of β-lactam (4-membered cyclic amide) rings is 1. The Bertz CT molecular complexity index is 2280. The van der Waals surface area contributed by atoms with Gasteiger partial charge in [-0.1, -0.05) is 103 Å². The van der Waals surface area contributed by atoms with Gasteiger partial charge in [0.05, 0.1) is 9.85 Å². The van der Waals surface area contributed by atoms with Gasteiger partial charge < -0.3 is 14.2 Å². The first-order valence-electron chi connectivity index (χ1n) is 17.8. The molecule has 3 atom stereocenters. The number of thioether (sulfide) groups is 1. The number of non-ortho nitro benzene ring substituents is 2. The molecule has 1 amide bonds. The van der Waals surface area contributed by atoms with Gasteiger partial charge in [-0.3, -0.25) is 34.7 Å². The molecule has 58 heavy (non-hydrogen) atoms. The molecular formula is C42H36N3O11PS.